The van der Waals surface area contributed by atoms with Crippen LogP contribution in [0.5, 0.6) is 5.75 Å². The van der Waals surface area contributed by atoms with E-state index in [4.69, 9.17) is 9.47 Å². The lowest BCUT2D eigenvalue weighted by Gasteiger charge is -2.19. The van der Waals surface area contributed by atoms with Gasteiger partial charge < -0.3 is 14.6 Å². The van der Waals surface area contributed by atoms with Crippen molar-refractivity contribution in [1.29, 1.82) is 0 Å². The first-order valence-electron chi connectivity index (χ1n) is 5.71. The molecule has 4 heteroatoms. The molecule has 1 aromatic carbocycles. The molecular formula is C13H19FO3. The lowest BCUT2D eigenvalue weighted by atomic mass is 10.0. The van der Waals surface area contributed by atoms with Crippen LogP contribution in [0.4, 0.5) is 4.39 Å². The van der Waals surface area contributed by atoms with Gasteiger partial charge in [0.05, 0.1) is 19.3 Å². The van der Waals surface area contributed by atoms with Gasteiger partial charge in [-0.15, -0.1) is 0 Å². The number of hydrogen-bond acceptors (Lipinski definition) is 3. The molecule has 0 amide bonds. The summed E-state index contributed by atoms with van der Waals surface area (Å²) in [7, 11) is 1.42. The SMILES string of the molecule is CCOC(C)C(O)Cc1cccc(OC)c1F. The number of halogens is 1. The third kappa shape index (κ3) is 3.68. The molecule has 0 saturated carbocycles. The summed E-state index contributed by atoms with van der Waals surface area (Å²) in [5, 5.41) is 9.86. The minimum atomic E-state index is -0.725. The van der Waals surface area contributed by atoms with Gasteiger partial charge in [-0.25, -0.2) is 4.39 Å². The Kier molecular flexibility index (Phi) is 5.38. The van der Waals surface area contributed by atoms with Crippen LogP contribution in [0.15, 0.2) is 18.2 Å². The molecule has 0 spiro atoms. The topological polar surface area (TPSA) is 38.7 Å². The Labute approximate surface area is 101 Å². The normalized spacial score (nSPS) is 14.4. The molecule has 0 fully saturated rings. The molecule has 0 aliphatic heterocycles. The molecule has 96 valence electrons. The molecule has 2 atom stereocenters. The van der Waals surface area contributed by atoms with Crippen molar-refractivity contribution in [1.82, 2.24) is 0 Å². The fourth-order valence-electron chi connectivity index (χ4n) is 1.64. The zero-order valence-corrected chi connectivity index (χ0v) is 10.4. The number of aliphatic hydroxyl groups is 1. The molecular weight excluding hydrogens is 223 g/mol. The number of rotatable bonds is 6. The van der Waals surface area contributed by atoms with Crippen molar-refractivity contribution in [3.05, 3.63) is 29.6 Å². The smallest absolute Gasteiger partial charge is 0.168 e. The van der Waals surface area contributed by atoms with Crippen LogP contribution in [-0.2, 0) is 11.2 Å². The summed E-state index contributed by atoms with van der Waals surface area (Å²) in [6.45, 7) is 4.15. The Morgan fingerprint density at radius 1 is 1.41 bits per heavy atom. The van der Waals surface area contributed by atoms with Gasteiger partial charge in [0.1, 0.15) is 0 Å². The summed E-state index contributed by atoms with van der Waals surface area (Å²) in [5.74, 6) is -0.225. The van der Waals surface area contributed by atoms with Gasteiger partial charge in [0.2, 0.25) is 0 Å². The van der Waals surface area contributed by atoms with Crippen molar-refractivity contribution in [2.45, 2.75) is 32.5 Å². The second-order valence-electron chi connectivity index (χ2n) is 3.87. The summed E-state index contributed by atoms with van der Waals surface area (Å²) in [6.07, 6.45) is -0.827. The minimum Gasteiger partial charge on any atom is -0.494 e. The number of aliphatic hydroxyl groups excluding tert-OH is 1. The zero-order chi connectivity index (χ0) is 12.8. The number of methoxy groups -OCH3 is 1. The quantitative estimate of drug-likeness (QED) is 0.830. The average Bonchev–Trinajstić information content (AvgIpc) is 2.32. The average molecular weight is 242 g/mol. The van der Waals surface area contributed by atoms with Gasteiger partial charge in [-0.05, 0) is 25.5 Å². The minimum absolute atomic E-state index is 0.193. The first kappa shape index (κ1) is 13.9. The van der Waals surface area contributed by atoms with Gasteiger partial charge in [-0.3, -0.25) is 0 Å². The molecule has 0 saturated heterocycles. The summed E-state index contributed by atoms with van der Waals surface area (Å²) in [4.78, 5) is 0. The summed E-state index contributed by atoms with van der Waals surface area (Å²) in [6, 6.07) is 4.90. The Balaban J connectivity index is 2.74. The Hall–Kier alpha value is -1.13. The monoisotopic (exact) mass is 242 g/mol. The molecule has 0 radical (unpaired) electrons. The maximum absolute atomic E-state index is 13.8. The summed E-state index contributed by atoms with van der Waals surface area (Å²) < 4.78 is 24.0. The van der Waals surface area contributed by atoms with E-state index < -0.39 is 11.9 Å². The summed E-state index contributed by atoms with van der Waals surface area (Å²) >= 11 is 0. The van der Waals surface area contributed by atoms with E-state index in [1.165, 1.54) is 7.11 Å². The van der Waals surface area contributed by atoms with Crippen LogP contribution in [-0.4, -0.2) is 31.0 Å². The van der Waals surface area contributed by atoms with E-state index in [1.54, 1.807) is 25.1 Å². The van der Waals surface area contributed by atoms with Gasteiger partial charge >= 0.3 is 0 Å². The predicted molar refractivity (Wildman–Crippen MR) is 63.8 cm³/mol. The van der Waals surface area contributed by atoms with Crippen LogP contribution >= 0.6 is 0 Å². The number of ether oxygens (including phenoxy) is 2. The molecule has 2 unspecified atom stereocenters. The summed E-state index contributed by atoms with van der Waals surface area (Å²) in [5.41, 5.74) is 0.434. The first-order chi connectivity index (χ1) is 8.10. The lowest BCUT2D eigenvalue weighted by Crippen LogP contribution is -2.28. The van der Waals surface area contributed by atoms with Crippen molar-refractivity contribution < 1.29 is 19.0 Å². The Morgan fingerprint density at radius 2 is 2.12 bits per heavy atom. The van der Waals surface area contributed by atoms with E-state index in [0.29, 0.717) is 12.2 Å². The predicted octanol–water partition coefficient (Wildman–Crippen LogP) is 2.16. The highest BCUT2D eigenvalue weighted by atomic mass is 19.1. The van der Waals surface area contributed by atoms with Crippen LogP contribution in [0.2, 0.25) is 0 Å². The van der Waals surface area contributed by atoms with Crippen LogP contribution in [0, 0.1) is 5.82 Å². The van der Waals surface area contributed by atoms with Crippen molar-refractivity contribution in [2.75, 3.05) is 13.7 Å². The van der Waals surface area contributed by atoms with Gasteiger partial charge in [-0.2, -0.15) is 0 Å². The molecule has 1 aromatic rings. The fraction of sp³-hybridized carbons (Fsp3) is 0.538. The van der Waals surface area contributed by atoms with Gasteiger partial charge in [0.25, 0.3) is 0 Å². The maximum Gasteiger partial charge on any atom is 0.168 e. The van der Waals surface area contributed by atoms with E-state index in [2.05, 4.69) is 0 Å². The lowest BCUT2D eigenvalue weighted by molar-refractivity contribution is -0.0211. The largest absolute Gasteiger partial charge is 0.494 e. The maximum atomic E-state index is 13.8. The van der Waals surface area contributed by atoms with E-state index in [-0.39, 0.29) is 18.3 Å². The molecule has 0 aromatic heterocycles. The molecule has 17 heavy (non-hydrogen) atoms. The molecule has 1 N–H and O–H groups in total. The molecule has 0 aliphatic carbocycles. The van der Waals surface area contributed by atoms with Gasteiger partial charge in [0.15, 0.2) is 11.6 Å². The second kappa shape index (κ2) is 6.57. The third-order valence-electron chi connectivity index (χ3n) is 2.66. The second-order valence-corrected chi connectivity index (χ2v) is 3.87. The molecule has 0 heterocycles. The molecule has 1 rings (SSSR count). The van der Waals surface area contributed by atoms with Crippen molar-refractivity contribution in [3.63, 3.8) is 0 Å². The van der Waals surface area contributed by atoms with Crippen molar-refractivity contribution >= 4 is 0 Å². The highest BCUT2D eigenvalue weighted by Gasteiger charge is 2.18. The Morgan fingerprint density at radius 3 is 2.71 bits per heavy atom. The third-order valence-corrected chi connectivity index (χ3v) is 2.66. The van der Waals surface area contributed by atoms with Gasteiger partial charge in [-0.1, -0.05) is 12.1 Å². The van der Waals surface area contributed by atoms with Gasteiger partial charge in [0, 0.05) is 13.0 Å². The van der Waals surface area contributed by atoms with Crippen LogP contribution in [0.25, 0.3) is 0 Å². The van der Waals surface area contributed by atoms with E-state index in [9.17, 15) is 9.50 Å². The number of hydrogen-bond donors (Lipinski definition) is 1. The highest BCUT2D eigenvalue weighted by molar-refractivity contribution is 5.31. The van der Waals surface area contributed by atoms with E-state index >= 15 is 0 Å². The van der Waals surface area contributed by atoms with Crippen LogP contribution in [0.1, 0.15) is 19.4 Å². The highest BCUT2D eigenvalue weighted by Crippen LogP contribution is 2.21. The fourth-order valence-corrected chi connectivity index (χ4v) is 1.64. The van der Waals surface area contributed by atoms with Crippen molar-refractivity contribution in [3.8, 4) is 5.75 Å². The molecule has 0 bridgehead atoms. The zero-order valence-electron chi connectivity index (χ0n) is 10.4. The molecule has 0 aliphatic rings. The standard InChI is InChI=1S/C13H19FO3/c1-4-17-9(2)11(15)8-10-6-5-7-12(16-3)13(10)14/h5-7,9,11,15H,4,8H2,1-3H3. The van der Waals surface area contributed by atoms with Crippen molar-refractivity contribution in [2.24, 2.45) is 0 Å². The van der Waals surface area contributed by atoms with Crippen LogP contribution < -0.4 is 4.74 Å². The van der Waals surface area contributed by atoms with E-state index in [1.807, 2.05) is 6.92 Å². The van der Waals surface area contributed by atoms with Crippen LogP contribution in [0.3, 0.4) is 0 Å². The molecule has 3 nitrogen and oxygen atoms in total. The first-order valence-corrected chi connectivity index (χ1v) is 5.71. The van der Waals surface area contributed by atoms with E-state index in [0.717, 1.165) is 0 Å². The Bertz CT molecular complexity index is 355. The number of benzene rings is 1.